The van der Waals surface area contributed by atoms with Crippen LogP contribution in [0.3, 0.4) is 0 Å². The fraction of sp³-hybridized carbons (Fsp3) is 0.667. The second-order valence-corrected chi connectivity index (χ2v) is 6.77. The summed E-state index contributed by atoms with van der Waals surface area (Å²) in [5.41, 5.74) is 1.21. The molecular formula is C21H35N3O3. The van der Waals surface area contributed by atoms with Crippen LogP contribution in [0.4, 0.5) is 0 Å². The predicted octanol–water partition coefficient (Wildman–Crippen LogP) is 2.91. The monoisotopic (exact) mass is 377 g/mol. The van der Waals surface area contributed by atoms with E-state index in [1.807, 2.05) is 18.2 Å². The van der Waals surface area contributed by atoms with Gasteiger partial charge in [-0.25, -0.2) is 0 Å². The Morgan fingerprint density at radius 2 is 1.93 bits per heavy atom. The van der Waals surface area contributed by atoms with E-state index in [1.54, 1.807) is 7.05 Å². The fourth-order valence-corrected chi connectivity index (χ4v) is 2.95. The first-order valence-corrected chi connectivity index (χ1v) is 10.1. The zero-order chi connectivity index (χ0) is 19.2. The summed E-state index contributed by atoms with van der Waals surface area (Å²) in [5.74, 6) is 0.824. The van der Waals surface area contributed by atoms with Crippen molar-refractivity contribution in [2.45, 2.75) is 44.8 Å². The van der Waals surface area contributed by atoms with E-state index in [4.69, 9.17) is 14.2 Å². The van der Waals surface area contributed by atoms with Gasteiger partial charge < -0.3 is 24.8 Å². The first-order chi connectivity index (χ1) is 13.3. The van der Waals surface area contributed by atoms with Gasteiger partial charge in [-0.15, -0.1) is 0 Å². The van der Waals surface area contributed by atoms with Crippen molar-refractivity contribution >= 4 is 5.96 Å². The van der Waals surface area contributed by atoms with E-state index < -0.39 is 0 Å². The van der Waals surface area contributed by atoms with Gasteiger partial charge in [-0.1, -0.05) is 30.3 Å². The molecule has 0 spiro atoms. The second-order valence-electron chi connectivity index (χ2n) is 6.77. The third-order valence-electron chi connectivity index (χ3n) is 4.56. The molecule has 2 unspecified atom stereocenters. The van der Waals surface area contributed by atoms with Crippen molar-refractivity contribution in [1.82, 2.24) is 10.6 Å². The average molecular weight is 378 g/mol. The number of hydrogen-bond acceptors (Lipinski definition) is 4. The normalized spacial score (nSPS) is 18.4. The molecule has 0 saturated carbocycles. The summed E-state index contributed by atoms with van der Waals surface area (Å²) in [7, 11) is 1.79. The van der Waals surface area contributed by atoms with Crippen molar-refractivity contribution in [2.24, 2.45) is 4.99 Å². The van der Waals surface area contributed by atoms with Gasteiger partial charge in [0.25, 0.3) is 0 Å². The Morgan fingerprint density at radius 3 is 2.59 bits per heavy atom. The minimum absolute atomic E-state index is 0.123. The molecule has 27 heavy (non-hydrogen) atoms. The van der Waals surface area contributed by atoms with Gasteiger partial charge in [-0.3, -0.25) is 4.99 Å². The van der Waals surface area contributed by atoms with Crippen LogP contribution in [-0.2, 0) is 14.2 Å². The predicted molar refractivity (Wildman–Crippen MR) is 109 cm³/mol. The van der Waals surface area contributed by atoms with Gasteiger partial charge in [-0.05, 0) is 38.2 Å². The average Bonchev–Trinajstić information content (AvgIpc) is 3.22. The van der Waals surface area contributed by atoms with Gasteiger partial charge in [0.15, 0.2) is 5.96 Å². The number of aliphatic imine (C=N–C) groups is 1. The first kappa shape index (κ1) is 21.7. The zero-order valence-electron chi connectivity index (χ0n) is 16.8. The molecule has 0 amide bonds. The number of benzene rings is 1. The fourth-order valence-electron chi connectivity index (χ4n) is 2.95. The molecule has 1 aliphatic heterocycles. The molecule has 6 nitrogen and oxygen atoms in total. The van der Waals surface area contributed by atoms with Crippen LogP contribution in [0.5, 0.6) is 0 Å². The quantitative estimate of drug-likeness (QED) is 0.333. The molecule has 0 aromatic heterocycles. The summed E-state index contributed by atoms with van der Waals surface area (Å²) in [5, 5.41) is 6.63. The molecule has 2 rings (SSSR count). The maximum absolute atomic E-state index is 5.88. The smallest absolute Gasteiger partial charge is 0.190 e. The van der Waals surface area contributed by atoms with Crippen LogP contribution >= 0.6 is 0 Å². The summed E-state index contributed by atoms with van der Waals surface area (Å²) in [6.07, 6.45) is 4.60. The molecule has 1 aromatic rings. The van der Waals surface area contributed by atoms with Crippen molar-refractivity contribution in [2.75, 3.05) is 46.6 Å². The molecule has 1 aliphatic rings. The van der Waals surface area contributed by atoms with E-state index in [0.29, 0.717) is 12.7 Å². The van der Waals surface area contributed by atoms with Crippen LogP contribution in [0.25, 0.3) is 0 Å². The van der Waals surface area contributed by atoms with Gasteiger partial charge in [0.05, 0.1) is 18.8 Å². The van der Waals surface area contributed by atoms with E-state index >= 15 is 0 Å². The Balaban J connectivity index is 1.44. The molecule has 1 aromatic carbocycles. The number of nitrogens with one attached hydrogen (secondary N) is 2. The summed E-state index contributed by atoms with van der Waals surface area (Å²) in [6.45, 7) is 6.82. The molecule has 152 valence electrons. The van der Waals surface area contributed by atoms with Crippen LogP contribution in [0, 0.1) is 0 Å². The minimum atomic E-state index is 0.123. The van der Waals surface area contributed by atoms with Crippen molar-refractivity contribution in [3.63, 3.8) is 0 Å². The molecule has 1 fully saturated rings. The number of rotatable bonds is 12. The Bertz CT molecular complexity index is 519. The lowest BCUT2D eigenvalue weighted by molar-refractivity contribution is 0.0168. The third kappa shape index (κ3) is 9.22. The van der Waals surface area contributed by atoms with Gasteiger partial charge in [-0.2, -0.15) is 0 Å². The number of guanidine groups is 1. The van der Waals surface area contributed by atoms with Crippen LogP contribution in [0.15, 0.2) is 35.3 Å². The summed E-state index contributed by atoms with van der Waals surface area (Å²) in [4.78, 5) is 4.24. The molecule has 1 saturated heterocycles. The lowest BCUT2D eigenvalue weighted by Gasteiger charge is -2.15. The Labute approximate surface area is 163 Å². The van der Waals surface area contributed by atoms with E-state index in [2.05, 4.69) is 34.7 Å². The van der Waals surface area contributed by atoms with Crippen LogP contribution < -0.4 is 10.6 Å². The maximum atomic E-state index is 5.88. The number of ether oxygens (including phenoxy) is 3. The molecule has 6 heteroatoms. The lowest BCUT2D eigenvalue weighted by Crippen LogP contribution is -2.38. The van der Waals surface area contributed by atoms with Gasteiger partial charge in [0.1, 0.15) is 0 Å². The lowest BCUT2D eigenvalue weighted by atomic mass is 10.1. The second kappa shape index (κ2) is 13.5. The molecule has 0 bridgehead atoms. The van der Waals surface area contributed by atoms with Gasteiger partial charge in [0.2, 0.25) is 0 Å². The summed E-state index contributed by atoms with van der Waals surface area (Å²) >= 11 is 0. The van der Waals surface area contributed by atoms with Gasteiger partial charge >= 0.3 is 0 Å². The topological polar surface area (TPSA) is 64.1 Å². The molecule has 0 radical (unpaired) electrons. The standard InChI is InChI=1S/C21H35N3O3/c1-18(19-9-4-3-5-10-19)26-16-8-13-24-21(22-2)23-12-7-14-25-17-20-11-6-15-27-20/h3-5,9-10,18,20H,6-8,11-17H2,1-2H3,(H2,22,23,24). The van der Waals surface area contributed by atoms with E-state index in [1.165, 1.54) is 5.56 Å². The Hall–Kier alpha value is -1.63. The molecule has 0 aliphatic carbocycles. The zero-order valence-corrected chi connectivity index (χ0v) is 16.8. The van der Waals surface area contributed by atoms with E-state index in [-0.39, 0.29) is 6.10 Å². The number of nitrogens with zero attached hydrogens (tertiary/aromatic N) is 1. The van der Waals surface area contributed by atoms with E-state index in [0.717, 1.165) is 64.6 Å². The van der Waals surface area contributed by atoms with Crippen LogP contribution in [-0.4, -0.2) is 58.6 Å². The maximum Gasteiger partial charge on any atom is 0.190 e. The summed E-state index contributed by atoms with van der Waals surface area (Å²) < 4.78 is 17.1. The van der Waals surface area contributed by atoms with Crippen molar-refractivity contribution in [3.05, 3.63) is 35.9 Å². The van der Waals surface area contributed by atoms with Crippen LogP contribution in [0.2, 0.25) is 0 Å². The highest BCUT2D eigenvalue weighted by atomic mass is 16.5. The molecule has 2 atom stereocenters. The van der Waals surface area contributed by atoms with Crippen molar-refractivity contribution in [1.29, 1.82) is 0 Å². The van der Waals surface area contributed by atoms with Crippen molar-refractivity contribution < 1.29 is 14.2 Å². The van der Waals surface area contributed by atoms with E-state index in [9.17, 15) is 0 Å². The molecular weight excluding hydrogens is 342 g/mol. The highest BCUT2D eigenvalue weighted by molar-refractivity contribution is 5.79. The highest BCUT2D eigenvalue weighted by Gasteiger charge is 2.14. The number of hydrogen-bond donors (Lipinski definition) is 2. The molecule has 2 N–H and O–H groups in total. The largest absolute Gasteiger partial charge is 0.379 e. The van der Waals surface area contributed by atoms with Crippen molar-refractivity contribution in [3.8, 4) is 0 Å². The third-order valence-corrected chi connectivity index (χ3v) is 4.56. The van der Waals surface area contributed by atoms with Gasteiger partial charge in [0, 0.05) is 40.0 Å². The summed E-state index contributed by atoms with van der Waals surface area (Å²) in [6, 6.07) is 10.3. The first-order valence-electron chi connectivity index (χ1n) is 10.1. The van der Waals surface area contributed by atoms with Crippen LogP contribution in [0.1, 0.15) is 44.3 Å². The molecule has 1 heterocycles. The Kier molecular flexibility index (Phi) is 10.9. The highest BCUT2D eigenvalue weighted by Crippen LogP contribution is 2.15. The Morgan fingerprint density at radius 1 is 1.19 bits per heavy atom. The SMILES string of the molecule is CN=C(NCCCOCC1CCCO1)NCCCOC(C)c1ccccc1. The minimum Gasteiger partial charge on any atom is -0.379 e.